The van der Waals surface area contributed by atoms with Crippen molar-refractivity contribution in [2.24, 2.45) is 11.6 Å². The molecule has 0 spiro atoms. The van der Waals surface area contributed by atoms with Gasteiger partial charge in [-0.2, -0.15) is 0 Å². The van der Waals surface area contributed by atoms with Crippen molar-refractivity contribution < 1.29 is 17.9 Å². The lowest BCUT2D eigenvalue weighted by atomic mass is 9.86. The topological polar surface area (TPSA) is 158 Å². The third-order valence-corrected chi connectivity index (χ3v) is 7.23. The zero-order valence-electron chi connectivity index (χ0n) is 26.1. The first-order valence-corrected chi connectivity index (χ1v) is 15.3. The molecule has 0 aliphatic carbocycles. The lowest BCUT2D eigenvalue weighted by Crippen LogP contribution is -2.29. The Morgan fingerprint density at radius 1 is 1.07 bits per heavy atom. The molecule has 228 valence electrons. The van der Waals surface area contributed by atoms with E-state index >= 15 is 0 Å². The summed E-state index contributed by atoms with van der Waals surface area (Å²) in [5.74, 6) is 7.03. The Kier molecular flexibility index (Phi) is 9.04. The number of rotatable bonds is 8. The number of hydrogen-bond acceptors (Lipinski definition) is 8. The Hall–Kier alpha value is -4.03. The Morgan fingerprint density at radius 3 is 2.24 bits per heavy atom. The van der Waals surface area contributed by atoms with Gasteiger partial charge < -0.3 is 20.4 Å². The molecule has 0 radical (unpaired) electrons. The van der Waals surface area contributed by atoms with Crippen LogP contribution in [0.25, 0.3) is 5.70 Å². The number of aryl methyl sites for hydroxylation is 2. The molecule has 11 nitrogen and oxygen atoms in total. The summed E-state index contributed by atoms with van der Waals surface area (Å²) >= 11 is 0. The molecule has 12 heteroatoms. The van der Waals surface area contributed by atoms with Crippen molar-refractivity contribution in [1.82, 2.24) is 9.55 Å². The molecule has 0 bridgehead atoms. The summed E-state index contributed by atoms with van der Waals surface area (Å²) in [5, 5.41) is 4.27. The monoisotopic (exact) mass is 597 g/mol. The predicted molar refractivity (Wildman–Crippen MR) is 170 cm³/mol. The zero-order chi connectivity index (χ0) is 31.8. The van der Waals surface area contributed by atoms with Crippen molar-refractivity contribution in [2.45, 2.75) is 66.3 Å². The molecule has 0 aliphatic rings. The van der Waals surface area contributed by atoms with Crippen LogP contribution in [0.1, 0.15) is 74.5 Å². The molecule has 3 aromatic rings. The van der Waals surface area contributed by atoms with Gasteiger partial charge >= 0.3 is 0 Å². The van der Waals surface area contributed by atoms with Crippen LogP contribution in [0.3, 0.4) is 0 Å². The lowest BCUT2D eigenvalue weighted by molar-refractivity contribution is 0.102. The highest BCUT2D eigenvalue weighted by atomic mass is 32.2. The van der Waals surface area contributed by atoms with Crippen molar-refractivity contribution in [2.75, 3.05) is 28.4 Å². The summed E-state index contributed by atoms with van der Waals surface area (Å²) in [4.78, 5) is 17.9. The van der Waals surface area contributed by atoms with E-state index in [1.54, 1.807) is 42.7 Å². The van der Waals surface area contributed by atoms with Gasteiger partial charge in [0.15, 0.2) is 5.75 Å². The van der Waals surface area contributed by atoms with Crippen molar-refractivity contribution in [1.29, 1.82) is 0 Å². The second-order valence-electron chi connectivity index (χ2n) is 12.4. The molecule has 6 N–H and O–H groups in total. The summed E-state index contributed by atoms with van der Waals surface area (Å²) in [7, 11) is -2.20. The normalized spacial score (nSPS) is 12.7. The van der Waals surface area contributed by atoms with Gasteiger partial charge in [0, 0.05) is 17.3 Å². The molecule has 1 heterocycles. The van der Waals surface area contributed by atoms with E-state index in [-0.39, 0.29) is 22.4 Å². The molecule has 1 aromatic heterocycles. The zero-order valence-corrected chi connectivity index (χ0v) is 26.9. The molecular formula is C30H43N7O4S. The number of nitrogens with zero attached hydrogens (tertiary/aromatic N) is 3. The maximum Gasteiger partial charge on any atom is 0.255 e. The van der Waals surface area contributed by atoms with Gasteiger partial charge in [0.1, 0.15) is 5.82 Å². The van der Waals surface area contributed by atoms with Crippen LogP contribution < -0.4 is 31.4 Å². The minimum absolute atomic E-state index is 0.191. The number of nitrogens with two attached hydrogens (primary N) is 2. The number of benzene rings is 2. The van der Waals surface area contributed by atoms with Gasteiger partial charge in [0.05, 0.1) is 48.0 Å². The van der Waals surface area contributed by atoms with Crippen molar-refractivity contribution in [3.63, 3.8) is 0 Å². The molecule has 0 saturated heterocycles. The number of ether oxygens (including phenoxy) is 1. The lowest BCUT2D eigenvalue weighted by Gasteiger charge is -2.26. The molecule has 0 unspecified atom stereocenters. The van der Waals surface area contributed by atoms with E-state index in [1.807, 2.05) is 39.2 Å². The second-order valence-corrected chi connectivity index (χ2v) is 14.1. The van der Waals surface area contributed by atoms with Gasteiger partial charge in [-0.05, 0) is 75.4 Å². The minimum Gasteiger partial charge on any atom is -0.492 e. The number of hydrazine groups is 1. The summed E-state index contributed by atoms with van der Waals surface area (Å²) in [6.45, 7) is 16.0. The van der Waals surface area contributed by atoms with Crippen molar-refractivity contribution in [3.05, 3.63) is 70.9 Å². The average Bonchev–Trinajstić information content (AvgIpc) is 3.24. The Bertz CT molecular complexity index is 1630. The van der Waals surface area contributed by atoms with E-state index in [1.165, 1.54) is 12.1 Å². The second kappa shape index (κ2) is 11.7. The van der Waals surface area contributed by atoms with Crippen LogP contribution in [-0.4, -0.2) is 37.2 Å². The average molecular weight is 598 g/mol. The van der Waals surface area contributed by atoms with Crippen LogP contribution in [0.15, 0.2) is 42.7 Å². The fourth-order valence-corrected chi connectivity index (χ4v) is 5.20. The number of anilines is 3. The highest BCUT2D eigenvalue weighted by Gasteiger charge is 2.24. The fraction of sp³-hybridized carbons (Fsp3) is 0.400. The summed E-state index contributed by atoms with van der Waals surface area (Å²) in [6, 6.07) is 8.62. The SMILES string of the molecule is COc1c(NC(=O)c2ccc(C)c(N(N)/C=C(\N)c3cnc(C)n3C(C)(C)C)c2)cc(C(C)(C)C)cc1NS(C)(=O)=O. The molecule has 2 aromatic carbocycles. The summed E-state index contributed by atoms with van der Waals surface area (Å²) < 4.78 is 34.2. The number of hydrogen-bond donors (Lipinski definition) is 4. The maximum atomic E-state index is 13.5. The molecule has 0 saturated carbocycles. The van der Waals surface area contributed by atoms with E-state index in [4.69, 9.17) is 16.3 Å². The maximum absolute atomic E-state index is 13.5. The molecule has 0 atom stereocenters. The number of amides is 1. The van der Waals surface area contributed by atoms with Crippen LogP contribution in [0, 0.1) is 13.8 Å². The van der Waals surface area contributed by atoms with Gasteiger partial charge in [-0.1, -0.05) is 26.8 Å². The highest BCUT2D eigenvalue weighted by molar-refractivity contribution is 7.92. The van der Waals surface area contributed by atoms with Crippen LogP contribution in [0.5, 0.6) is 5.75 Å². The molecule has 1 amide bonds. The van der Waals surface area contributed by atoms with Crippen LogP contribution in [-0.2, 0) is 21.0 Å². The quantitative estimate of drug-likeness (QED) is 0.213. The first kappa shape index (κ1) is 32.5. The number of imidazole rings is 1. The third kappa shape index (κ3) is 7.42. The van der Waals surface area contributed by atoms with E-state index in [2.05, 4.69) is 35.8 Å². The number of carbonyl (C=O) groups excluding carboxylic acids is 1. The van der Waals surface area contributed by atoms with E-state index in [9.17, 15) is 13.2 Å². The van der Waals surface area contributed by atoms with Gasteiger partial charge in [-0.3, -0.25) is 14.5 Å². The first-order valence-electron chi connectivity index (χ1n) is 13.4. The molecular weight excluding hydrogens is 554 g/mol. The molecule has 0 fully saturated rings. The minimum atomic E-state index is -3.61. The number of carbonyl (C=O) groups is 1. The molecule has 0 aliphatic heterocycles. The Morgan fingerprint density at radius 2 is 1.69 bits per heavy atom. The Labute approximate surface area is 249 Å². The number of nitrogens with one attached hydrogen (secondary N) is 2. The third-order valence-electron chi connectivity index (χ3n) is 6.64. The highest BCUT2D eigenvalue weighted by Crippen LogP contribution is 2.39. The number of aromatic nitrogens is 2. The molecule has 3 rings (SSSR count). The van der Waals surface area contributed by atoms with Crippen molar-refractivity contribution in [3.8, 4) is 5.75 Å². The fourth-order valence-electron chi connectivity index (χ4n) is 4.65. The largest absolute Gasteiger partial charge is 0.492 e. The van der Waals surface area contributed by atoms with Gasteiger partial charge in [0.25, 0.3) is 5.91 Å². The van der Waals surface area contributed by atoms with Crippen molar-refractivity contribution >= 4 is 38.7 Å². The summed E-state index contributed by atoms with van der Waals surface area (Å²) in [6.07, 6.45) is 4.37. The molecule has 42 heavy (non-hydrogen) atoms. The summed E-state index contributed by atoms with van der Waals surface area (Å²) in [5.41, 5.74) is 10.1. The van der Waals surface area contributed by atoms with Crippen LogP contribution in [0.4, 0.5) is 17.1 Å². The van der Waals surface area contributed by atoms with E-state index in [0.29, 0.717) is 22.6 Å². The predicted octanol–water partition coefficient (Wildman–Crippen LogP) is 4.82. The van der Waals surface area contributed by atoms with E-state index in [0.717, 1.165) is 28.9 Å². The van der Waals surface area contributed by atoms with Crippen LogP contribution in [0.2, 0.25) is 0 Å². The van der Waals surface area contributed by atoms with Gasteiger partial charge in [0.2, 0.25) is 10.0 Å². The Balaban J connectivity index is 2.01. The first-order chi connectivity index (χ1) is 19.2. The number of methoxy groups -OCH3 is 1. The smallest absolute Gasteiger partial charge is 0.255 e. The van der Waals surface area contributed by atoms with Gasteiger partial charge in [-0.25, -0.2) is 19.2 Å². The van der Waals surface area contributed by atoms with Gasteiger partial charge in [-0.15, -0.1) is 0 Å². The standard InChI is InChI=1S/C30H43N7O4S/c1-18-11-12-20(13-25(18)36(32)17-22(31)26-16-33-19(2)37(26)30(6,7)8)28(38)34-23-14-21(29(3,4)5)15-24(27(23)41-9)35-42(10,39)40/h11-17,35H,31-32H2,1-10H3,(H,34,38)/b22-17-. The van der Waals surface area contributed by atoms with E-state index < -0.39 is 15.9 Å². The number of sulfonamides is 1. The van der Waals surface area contributed by atoms with Crippen LogP contribution >= 0.6 is 0 Å².